The minimum atomic E-state index is 0. The predicted molar refractivity (Wildman–Crippen MR) is 78.5 cm³/mol. The Balaban J connectivity index is 0.00000133. The molecule has 2 N–H and O–H groups in total. The highest BCUT2D eigenvalue weighted by Crippen LogP contribution is 2.42. The average Bonchev–Trinajstić information content (AvgIpc) is 2.85. The van der Waals surface area contributed by atoms with Crippen LogP contribution in [0.5, 0.6) is 0 Å². The molecular weight excluding hydrogens is 260 g/mol. The molecule has 1 saturated carbocycles. The van der Waals surface area contributed by atoms with E-state index in [0.717, 1.165) is 25.1 Å². The van der Waals surface area contributed by atoms with E-state index in [4.69, 9.17) is 0 Å². The fraction of sp³-hybridized carbons (Fsp3) is 0.533. The molecule has 3 unspecified atom stereocenters. The lowest BCUT2D eigenvalue weighted by molar-refractivity contribution is -0.122. The zero-order valence-corrected chi connectivity index (χ0v) is 12.0. The summed E-state index contributed by atoms with van der Waals surface area (Å²) in [5, 5.41) is 6.58. The maximum absolute atomic E-state index is 12.3. The van der Waals surface area contributed by atoms with Gasteiger partial charge in [0.2, 0.25) is 5.91 Å². The van der Waals surface area contributed by atoms with E-state index in [-0.39, 0.29) is 24.2 Å². The number of benzene rings is 1. The Labute approximate surface area is 120 Å². The minimum absolute atomic E-state index is 0. The number of halogens is 1. The van der Waals surface area contributed by atoms with Crippen LogP contribution in [-0.4, -0.2) is 25.0 Å². The van der Waals surface area contributed by atoms with Gasteiger partial charge in [0.15, 0.2) is 0 Å². The Hall–Kier alpha value is -1.06. The number of piperidine rings is 1. The van der Waals surface area contributed by atoms with Crippen molar-refractivity contribution in [1.82, 2.24) is 10.6 Å². The van der Waals surface area contributed by atoms with Crippen LogP contribution in [0, 0.1) is 11.8 Å². The van der Waals surface area contributed by atoms with E-state index < -0.39 is 0 Å². The number of rotatable bonds is 4. The number of carbonyl (C=O) groups is 1. The van der Waals surface area contributed by atoms with Gasteiger partial charge in [0.05, 0.1) is 5.92 Å². The van der Waals surface area contributed by atoms with Crippen LogP contribution in [0.1, 0.15) is 24.8 Å². The summed E-state index contributed by atoms with van der Waals surface area (Å²) in [6, 6.07) is 10.5. The molecule has 1 aromatic rings. The van der Waals surface area contributed by atoms with Crippen molar-refractivity contribution in [3.05, 3.63) is 35.9 Å². The lowest BCUT2D eigenvalue weighted by atomic mass is 9.95. The molecule has 19 heavy (non-hydrogen) atoms. The van der Waals surface area contributed by atoms with Crippen LogP contribution in [-0.2, 0) is 4.79 Å². The van der Waals surface area contributed by atoms with Crippen molar-refractivity contribution in [2.45, 2.75) is 25.3 Å². The Kier molecular flexibility index (Phi) is 4.48. The van der Waals surface area contributed by atoms with Crippen molar-refractivity contribution >= 4 is 18.3 Å². The van der Waals surface area contributed by atoms with Gasteiger partial charge in [-0.05, 0) is 23.8 Å². The van der Waals surface area contributed by atoms with Crippen molar-refractivity contribution in [1.29, 1.82) is 0 Å². The number of hydrogen-bond donors (Lipinski definition) is 2. The molecule has 2 fully saturated rings. The summed E-state index contributed by atoms with van der Waals surface area (Å²) in [7, 11) is 0. The topological polar surface area (TPSA) is 41.1 Å². The normalized spacial score (nSPS) is 29.0. The molecule has 1 amide bonds. The monoisotopic (exact) mass is 280 g/mol. The fourth-order valence-corrected chi connectivity index (χ4v) is 3.16. The smallest absolute Gasteiger partial charge is 0.227 e. The number of amides is 1. The van der Waals surface area contributed by atoms with Crippen molar-refractivity contribution in [2.75, 3.05) is 13.1 Å². The summed E-state index contributed by atoms with van der Waals surface area (Å²) in [4.78, 5) is 12.3. The van der Waals surface area contributed by atoms with E-state index in [1.165, 1.54) is 0 Å². The molecule has 3 nitrogen and oxygen atoms in total. The molecule has 4 heteroatoms. The largest absolute Gasteiger partial charge is 0.352 e. The zero-order valence-electron chi connectivity index (χ0n) is 11.1. The lowest BCUT2D eigenvalue weighted by Gasteiger charge is -2.16. The molecule has 1 aromatic carbocycles. The second kappa shape index (κ2) is 5.93. The van der Waals surface area contributed by atoms with Crippen LogP contribution in [0.15, 0.2) is 30.3 Å². The van der Waals surface area contributed by atoms with Crippen molar-refractivity contribution in [2.24, 2.45) is 11.8 Å². The first-order valence-corrected chi connectivity index (χ1v) is 6.87. The fourth-order valence-electron chi connectivity index (χ4n) is 3.16. The zero-order chi connectivity index (χ0) is 12.5. The SMILES string of the molecule is CCC(C(=O)NC1C2CNCC21)c1ccccc1.Cl. The van der Waals surface area contributed by atoms with Crippen LogP contribution < -0.4 is 10.6 Å². The highest BCUT2D eigenvalue weighted by Gasteiger charge is 2.53. The molecule has 0 aromatic heterocycles. The lowest BCUT2D eigenvalue weighted by Crippen LogP contribution is -2.35. The molecule has 0 radical (unpaired) electrons. The summed E-state index contributed by atoms with van der Waals surface area (Å²) in [6.45, 7) is 4.21. The van der Waals surface area contributed by atoms with Gasteiger partial charge in [0.25, 0.3) is 0 Å². The third kappa shape index (κ3) is 2.77. The van der Waals surface area contributed by atoms with Gasteiger partial charge in [0, 0.05) is 19.1 Å². The molecule has 1 heterocycles. The summed E-state index contributed by atoms with van der Waals surface area (Å²) < 4.78 is 0. The first-order valence-electron chi connectivity index (χ1n) is 6.87. The van der Waals surface area contributed by atoms with Crippen LogP contribution in [0.2, 0.25) is 0 Å². The Bertz CT molecular complexity index is 427. The number of carbonyl (C=O) groups excluding carboxylic acids is 1. The van der Waals surface area contributed by atoms with E-state index in [2.05, 4.69) is 17.6 Å². The summed E-state index contributed by atoms with van der Waals surface area (Å²) in [5.41, 5.74) is 1.13. The van der Waals surface area contributed by atoms with E-state index >= 15 is 0 Å². The summed E-state index contributed by atoms with van der Waals surface area (Å²) >= 11 is 0. The van der Waals surface area contributed by atoms with Gasteiger partial charge in [-0.25, -0.2) is 0 Å². The molecule has 0 bridgehead atoms. The quantitative estimate of drug-likeness (QED) is 0.885. The number of hydrogen-bond acceptors (Lipinski definition) is 2. The van der Waals surface area contributed by atoms with Gasteiger partial charge in [-0.15, -0.1) is 12.4 Å². The van der Waals surface area contributed by atoms with Crippen molar-refractivity contribution < 1.29 is 4.79 Å². The van der Waals surface area contributed by atoms with Crippen LogP contribution >= 0.6 is 12.4 Å². The molecule has 104 valence electrons. The summed E-state index contributed by atoms with van der Waals surface area (Å²) in [5.74, 6) is 1.56. The molecule has 0 spiro atoms. The highest BCUT2D eigenvalue weighted by atomic mass is 35.5. The minimum Gasteiger partial charge on any atom is -0.352 e. The molecule has 1 aliphatic carbocycles. The molecule has 1 aliphatic heterocycles. The van der Waals surface area contributed by atoms with Crippen LogP contribution in [0.3, 0.4) is 0 Å². The van der Waals surface area contributed by atoms with Crippen molar-refractivity contribution in [3.63, 3.8) is 0 Å². The maximum Gasteiger partial charge on any atom is 0.227 e. The van der Waals surface area contributed by atoms with E-state index in [9.17, 15) is 4.79 Å². The third-order valence-corrected chi connectivity index (χ3v) is 4.33. The standard InChI is InChI=1S/C15H20N2O.ClH/c1-2-11(10-6-4-3-5-7-10)15(18)17-14-12-8-16-9-13(12)14;/h3-7,11-14,16H,2,8-9H2,1H3,(H,17,18);1H. The van der Waals surface area contributed by atoms with Gasteiger partial charge in [-0.3, -0.25) is 4.79 Å². The van der Waals surface area contributed by atoms with Gasteiger partial charge in [0.1, 0.15) is 0 Å². The van der Waals surface area contributed by atoms with E-state index in [1.54, 1.807) is 0 Å². The third-order valence-electron chi connectivity index (χ3n) is 4.33. The second-order valence-corrected chi connectivity index (χ2v) is 5.39. The highest BCUT2D eigenvalue weighted by molar-refractivity contribution is 5.85. The number of fused-ring (bicyclic) bond motifs is 1. The van der Waals surface area contributed by atoms with Gasteiger partial charge in [-0.1, -0.05) is 37.3 Å². The summed E-state index contributed by atoms with van der Waals surface area (Å²) in [6.07, 6.45) is 0.857. The first-order chi connectivity index (χ1) is 8.81. The van der Waals surface area contributed by atoms with Gasteiger partial charge >= 0.3 is 0 Å². The Morgan fingerprint density at radius 2 is 1.95 bits per heavy atom. The first kappa shape index (κ1) is 14.4. The Morgan fingerprint density at radius 1 is 1.32 bits per heavy atom. The average molecular weight is 281 g/mol. The van der Waals surface area contributed by atoms with Crippen LogP contribution in [0.25, 0.3) is 0 Å². The van der Waals surface area contributed by atoms with E-state index in [1.807, 2.05) is 30.3 Å². The van der Waals surface area contributed by atoms with Crippen LogP contribution in [0.4, 0.5) is 0 Å². The predicted octanol–water partition coefficient (Wildman–Crippen LogP) is 1.94. The second-order valence-electron chi connectivity index (χ2n) is 5.39. The maximum atomic E-state index is 12.3. The molecule has 3 rings (SSSR count). The van der Waals surface area contributed by atoms with Crippen molar-refractivity contribution in [3.8, 4) is 0 Å². The molecule has 2 aliphatic rings. The van der Waals surface area contributed by atoms with Gasteiger partial charge < -0.3 is 10.6 Å². The molecule has 3 atom stereocenters. The Morgan fingerprint density at radius 3 is 2.53 bits per heavy atom. The van der Waals surface area contributed by atoms with Gasteiger partial charge in [-0.2, -0.15) is 0 Å². The van der Waals surface area contributed by atoms with E-state index in [0.29, 0.717) is 17.9 Å². The molecular formula is C15H21ClN2O. The number of nitrogens with one attached hydrogen (secondary N) is 2. The molecule has 1 saturated heterocycles.